The maximum Gasteiger partial charge on any atom is 0.129 e. The Morgan fingerprint density at radius 2 is 2.15 bits per heavy atom. The number of nitrogens with two attached hydrogens (primary N) is 1. The Hall–Kier alpha value is -0.350. The first kappa shape index (κ1) is 10.7. The van der Waals surface area contributed by atoms with Gasteiger partial charge in [0.15, 0.2) is 0 Å². The molecule has 0 aliphatic carbocycles. The van der Waals surface area contributed by atoms with E-state index >= 15 is 0 Å². The summed E-state index contributed by atoms with van der Waals surface area (Å²) >= 11 is 11.5. The van der Waals surface area contributed by atoms with Crippen LogP contribution in [-0.2, 0) is 5.54 Å². The van der Waals surface area contributed by atoms with Crippen LogP contribution < -0.4 is 5.73 Å². The third-order valence-electron chi connectivity index (χ3n) is 1.68. The molecule has 1 rings (SSSR count). The number of aliphatic hydroxyl groups is 1. The highest BCUT2D eigenvalue weighted by atomic mass is 35.5. The number of aliphatic hydroxyl groups excluding tert-OH is 1. The molecule has 0 aliphatic rings. The summed E-state index contributed by atoms with van der Waals surface area (Å²) in [4.78, 5) is 3.96. The minimum Gasteiger partial charge on any atom is -0.394 e. The van der Waals surface area contributed by atoms with Gasteiger partial charge in [0.2, 0.25) is 0 Å². The van der Waals surface area contributed by atoms with E-state index in [1.54, 1.807) is 19.1 Å². The molecule has 0 amide bonds. The monoisotopic (exact) mass is 220 g/mol. The van der Waals surface area contributed by atoms with E-state index in [2.05, 4.69) is 4.98 Å². The molecule has 0 radical (unpaired) electrons. The van der Waals surface area contributed by atoms with E-state index in [1.165, 1.54) is 0 Å². The van der Waals surface area contributed by atoms with Crippen molar-refractivity contribution in [1.82, 2.24) is 4.98 Å². The Labute approximate surface area is 86.5 Å². The molecule has 0 saturated heterocycles. The molecule has 72 valence electrons. The minimum atomic E-state index is -0.956. The number of hydrogen-bond donors (Lipinski definition) is 2. The standard InChI is InChI=1S/C8H10Cl2N2O/c1-8(11,4-13)7-5(9)2-3-6(10)12-7/h2-3,13H,4,11H2,1H3/t8-/m1/s1. The van der Waals surface area contributed by atoms with Crippen molar-refractivity contribution in [3.8, 4) is 0 Å². The van der Waals surface area contributed by atoms with Crippen LogP contribution in [0.1, 0.15) is 12.6 Å². The molecule has 1 aromatic rings. The summed E-state index contributed by atoms with van der Waals surface area (Å²) in [6.45, 7) is 1.40. The Bertz CT molecular complexity index is 315. The largest absolute Gasteiger partial charge is 0.394 e. The molecule has 3 N–H and O–H groups in total. The van der Waals surface area contributed by atoms with Gasteiger partial charge in [-0.3, -0.25) is 0 Å². The first-order chi connectivity index (χ1) is 5.97. The summed E-state index contributed by atoms with van der Waals surface area (Å²) in [5.41, 5.74) is 5.20. The topological polar surface area (TPSA) is 59.1 Å². The molecule has 1 heterocycles. The SMILES string of the molecule is C[C@@](N)(CO)c1nc(Cl)ccc1Cl. The van der Waals surface area contributed by atoms with Crippen molar-refractivity contribution in [3.05, 3.63) is 28.0 Å². The summed E-state index contributed by atoms with van der Waals surface area (Å²) in [6.07, 6.45) is 0. The highest BCUT2D eigenvalue weighted by Gasteiger charge is 2.24. The Morgan fingerprint density at radius 1 is 1.54 bits per heavy atom. The van der Waals surface area contributed by atoms with Gasteiger partial charge < -0.3 is 10.8 Å². The summed E-state index contributed by atoms with van der Waals surface area (Å²) in [5, 5.41) is 9.71. The maximum absolute atomic E-state index is 9.00. The van der Waals surface area contributed by atoms with Crippen molar-refractivity contribution in [3.63, 3.8) is 0 Å². The van der Waals surface area contributed by atoms with Gasteiger partial charge in [0.1, 0.15) is 5.15 Å². The average molecular weight is 221 g/mol. The Kier molecular flexibility index (Phi) is 3.14. The average Bonchev–Trinajstić information content (AvgIpc) is 2.09. The number of rotatable bonds is 2. The molecule has 3 nitrogen and oxygen atoms in total. The van der Waals surface area contributed by atoms with E-state index in [-0.39, 0.29) is 6.61 Å². The molecule has 13 heavy (non-hydrogen) atoms. The molecule has 0 spiro atoms. The van der Waals surface area contributed by atoms with Crippen molar-refractivity contribution in [1.29, 1.82) is 0 Å². The molecule has 0 aromatic carbocycles. The fourth-order valence-electron chi connectivity index (χ4n) is 0.894. The minimum absolute atomic E-state index is 0.236. The van der Waals surface area contributed by atoms with Crippen LogP contribution in [0.25, 0.3) is 0 Å². The molecule has 0 unspecified atom stereocenters. The second-order valence-corrected chi connectivity index (χ2v) is 3.83. The van der Waals surface area contributed by atoms with Crippen molar-refractivity contribution < 1.29 is 5.11 Å². The lowest BCUT2D eigenvalue weighted by Gasteiger charge is -2.22. The third kappa shape index (κ3) is 2.31. The number of pyridine rings is 1. The predicted octanol–water partition coefficient (Wildman–Crippen LogP) is 1.55. The zero-order chi connectivity index (χ0) is 10.1. The van der Waals surface area contributed by atoms with Crippen molar-refractivity contribution in [2.45, 2.75) is 12.5 Å². The highest BCUT2D eigenvalue weighted by Crippen LogP contribution is 2.25. The number of nitrogens with zero attached hydrogens (tertiary/aromatic N) is 1. The molecular weight excluding hydrogens is 211 g/mol. The Morgan fingerprint density at radius 3 is 2.69 bits per heavy atom. The van der Waals surface area contributed by atoms with Crippen molar-refractivity contribution in [2.24, 2.45) is 5.73 Å². The van der Waals surface area contributed by atoms with Crippen LogP contribution >= 0.6 is 23.2 Å². The van der Waals surface area contributed by atoms with Crippen molar-refractivity contribution >= 4 is 23.2 Å². The van der Waals surface area contributed by atoms with Gasteiger partial charge >= 0.3 is 0 Å². The summed E-state index contributed by atoms with van der Waals surface area (Å²) < 4.78 is 0. The summed E-state index contributed by atoms with van der Waals surface area (Å²) in [6, 6.07) is 3.17. The summed E-state index contributed by atoms with van der Waals surface area (Å²) in [5.74, 6) is 0. The smallest absolute Gasteiger partial charge is 0.129 e. The maximum atomic E-state index is 9.00. The van der Waals surface area contributed by atoms with Crippen LogP contribution in [0.4, 0.5) is 0 Å². The first-order valence-corrected chi connectivity index (χ1v) is 4.45. The second-order valence-electron chi connectivity index (χ2n) is 3.04. The zero-order valence-corrected chi connectivity index (χ0v) is 8.60. The van der Waals surface area contributed by atoms with Crippen LogP contribution in [-0.4, -0.2) is 16.7 Å². The lowest BCUT2D eigenvalue weighted by Crippen LogP contribution is -2.38. The second kappa shape index (κ2) is 3.80. The van der Waals surface area contributed by atoms with Gasteiger partial charge in [-0.1, -0.05) is 23.2 Å². The quantitative estimate of drug-likeness (QED) is 0.745. The fraction of sp³-hybridized carbons (Fsp3) is 0.375. The van der Waals surface area contributed by atoms with Gasteiger partial charge in [-0.05, 0) is 19.1 Å². The summed E-state index contributed by atoms with van der Waals surface area (Å²) in [7, 11) is 0. The van der Waals surface area contributed by atoms with Gasteiger partial charge in [-0.25, -0.2) is 4.98 Å². The van der Waals surface area contributed by atoms with Crippen molar-refractivity contribution in [2.75, 3.05) is 6.61 Å². The van der Waals surface area contributed by atoms with E-state index in [0.29, 0.717) is 15.9 Å². The molecule has 1 atom stereocenters. The molecule has 0 fully saturated rings. The predicted molar refractivity (Wildman–Crippen MR) is 52.9 cm³/mol. The van der Waals surface area contributed by atoms with E-state index in [0.717, 1.165) is 0 Å². The van der Waals surface area contributed by atoms with Gasteiger partial charge in [0.25, 0.3) is 0 Å². The zero-order valence-electron chi connectivity index (χ0n) is 7.09. The molecule has 0 aliphatic heterocycles. The van der Waals surface area contributed by atoms with Gasteiger partial charge in [-0.15, -0.1) is 0 Å². The van der Waals surface area contributed by atoms with Crippen LogP contribution in [0.15, 0.2) is 12.1 Å². The molecule has 0 bridgehead atoms. The van der Waals surface area contributed by atoms with Gasteiger partial charge in [-0.2, -0.15) is 0 Å². The van der Waals surface area contributed by atoms with E-state index in [1.807, 2.05) is 0 Å². The lowest BCUT2D eigenvalue weighted by atomic mass is 10.00. The van der Waals surface area contributed by atoms with Gasteiger partial charge in [0.05, 0.1) is 22.9 Å². The Balaban J connectivity index is 3.20. The van der Waals surface area contributed by atoms with E-state index < -0.39 is 5.54 Å². The van der Waals surface area contributed by atoms with E-state index in [9.17, 15) is 0 Å². The van der Waals surface area contributed by atoms with E-state index in [4.69, 9.17) is 34.0 Å². The third-order valence-corrected chi connectivity index (χ3v) is 2.20. The van der Waals surface area contributed by atoms with Crippen LogP contribution in [0.5, 0.6) is 0 Å². The first-order valence-electron chi connectivity index (χ1n) is 3.69. The molecule has 0 saturated carbocycles. The van der Waals surface area contributed by atoms with Crippen LogP contribution in [0.3, 0.4) is 0 Å². The lowest BCUT2D eigenvalue weighted by molar-refractivity contribution is 0.207. The molecule has 5 heteroatoms. The number of hydrogen-bond acceptors (Lipinski definition) is 3. The number of aromatic nitrogens is 1. The van der Waals surface area contributed by atoms with Gasteiger partial charge in [0, 0.05) is 0 Å². The van der Waals surface area contributed by atoms with Crippen LogP contribution in [0, 0.1) is 0 Å². The highest BCUT2D eigenvalue weighted by molar-refractivity contribution is 6.32. The fourth-order valence-corrected chi connectivity index (χ4v) is 1.36. The molecular formula is C8H10Cl2N2O. The van der Waals surface area contributed by atoms with Crippen LogP contribution in [0.2, 0.25) is 10.2 Å². The molecule has 1 aromatic heterocycles. The number of halogens is 2. The normalized spacial score (nSPS) is 15.5.